The number of esters is 1. The van der Waals surface area contributed by atoms with Crippen molar-refractivity contribution in [3.8, 4) is 0 Å². The topological polar surface area (TPSA) is 46.5 Å². The fraction of sp³-hybridized carbons (Fsp3) is 0.923. The lowest BCUT2D eigenvalue weighted by Gasteiger charge is -2.55. The van der Waals surface area contributed by atoms with E-state index in [1.165, 1.54) is 19.3 Å². The zero-order valence-corrected chi connectivity index (χ0v) is 10.2. The van der Waals surface area contributed by atoms with E-state index in [9.17, 15) is 9.90 Å². The first kappa shape index (κ1) is 10.6. The Bertz CT molecular complexity index is 344. The minimum Gasteiger partial charge on any atom is -0.458 e. The molecule has 2 saturated carbocycles. The molecule has 0 bridgehead atoms. The summed E-state index contributed by atoms with van der Waals surface area (Å²) in [6.07, 6.45) is 3.27. The van der Waals surface area contributed by atoms with Gasteiger partial charge < -0.3 is 9.84 Å². The Morgan fingerprint density at radius 1 is 1.44 bits per heavy atom. The van der Waals surface area contributed by atoms with Crippen molar-refractivity contribution in [2.24, 2.45) is 23.2 Å². The molecule has 0 aromatic rings. The lowest BCUT2D eigenvalue weighted by molar-refractivity contribution is -0.157. The first-order chi connectivity index (χ1) is 7.37. The fourth-order valence-corrected chi connectivity index (χ4v) is 4.74. The minimum atomic E-state index is -0.924. The van der Waals surface area contributed by atoms with Crippen LogP contribution in [0.3, 0.4) is 0 Å². The van der Waals surface area contributed by atoms with Crippen LogP contribution in [-0.4, -0.2) is 22.8 Å². The largest absolute Gasteiger partial charge is 0.458 e. The van der Waals surface area contributed by atoms with E-state index in [4.69, 9.17) is 4.74 Å². The molecule has 1 aliphatic heterocycles. The molecule has 2 aliphatic carbocycles. The molecule has 3 heteroatoms. The van der Waals surface area contributed by atoms with Gasteiger partial charge >= 0.3 is 5.97 Å². The number of hydrogen-bond donors (Lipinski definition) is 1. The Balaban J connectivity index is 1.98. The molecule has 1 saturated heterocycles. The third-order valence-electron chi connectivity index (χ3n) is 5.16. The van der Waals surface area contributed by atoms with Crippen LogP contribution >= 0.6 is 0 Å². The molecule has 0 radical (unpaired) electrons. The van der Waals surface area contributed by atoms with Crippen molar-refractivity contribution in [2.75, 3.05) is 0 Å². The van der Waals surface area contributed by atoms with Crippen LogP contribution in [0.4, 0.5) is 0 Å². The van der Waals surface area contributed by atoms with Gasteiger partial charge in [-0.1, -0.05) is 13.3 Å². The van der Waals surface area contributed by atoms with Gasteiger partial charge in [-0.15, -0.1) is 0 Å². The smallest absolute Gasteiger partial charge is 0.310 e. The summed E-state index contributed by atoms with van der Waals surface area (Å²) < 4.78 is 5.46. The molecule has 1 N–H and O–H groups in total. The van der Waals surface area contributed by atoms with E-state index in [-0.39, 0.29) is 23.4 Å². The number of ether oxygens (including phenoxy) is 1. The van der Waals surface area contributed by atoms with Crippen molar-refractivity contribution in [3.63, 3.8) is 0 Å². The van der Waals surface area contributed by atoms with Crippen molar-refractivity contribution in [3.05, 3.63) is 0 Å². The van der Waals surface area contributed by atoms with Gasteiger partial charge in [0.15, 0.2) is 0 Å². The maximum atomic E-state index is 11.9. The van der Waals surface area contributed by atoms with Crippen LogP contribution in [0, 0.1) is 23.2 Å². The summed E-state index contributed by atoms with van der Waals surface area (Å²) in [6.45, 7) is 5.64. The molecule has 0 amide bonds. The molecule has 3 nitrogen and oxygen atoms in total. The fourth-order valence-electron chi connectivity index (χ4n) is 4.74. The number of carbonyl (C=O) groups is 1. The van der Waals surface area contributed by atoms with Gasteiger partial charge in [0.2, 0.25) is 0 Å². The summed E-state index contributed by atoms with van der Waals surface area (Å²) >= 11 is 0. The van der Waals surface area contributed by atoms with Gasteiger partial charge in [-0.25, -0.2) is 0 Å². The zero-order valence-electron chi connectivity index (χ0n) is 10.2. The van der Waals surface area contributed by atoms with Crippen LogP contribution in [-0.2, 0) is 9.53 Å². The Morgan fingerprint density at radius 3 is 2.75 bits per heavy atom. The van der Waals surface area contributed by atoms with Crippen molar-refractivity contribution in [2.45, 2.75) is 51.7 Å². The van der Waals surface area contributed by atoms with E-state index >= 15 is 0 Å². The second kappa shape index (κ2) is 2.81. The molecule has 16 heavy (non-hydrogen) atoms. The molecule has 1 heterocycles. The molecular formula is C13H20O3. The predicted octanol–water partition coefficient (Wildman–Crippen LogP) is 1.74. The van der Waals surface area contributed by atoms with Crippen LogP contribution in [0.25, 0.3) is 0 Å². The first-order valence-electron chi connectivity index (χ1n) is 6.29. The number of aliphatic hydroxyl groups is 1. The Morgan fingerprint density at radius 2 is 2.12 bits per heavy atom. The molecule has 0 aromatic carbocycles. The maximum absolute atomic E-state index is 11.9. The normalized spacial score (nSPS) is 50.6. The summed E-state index contributed by atoms with van der Waals surface area (Å²) in [4.78, 5) is 11.9. The second-order valence-electron chi connectivity index (χ2n) is 6.52. The van der Waals surface area contributed by atoms with Crippen molar-refractivity contribution in [1.29, 1.82) is 0 Å². The molecule has 0 unspecified atom stereocenters. The molecule has 3 aliphatic rings. The summed E-state index contributed by atoms with van der Waals surface area (Å²) in [5.74, 6) is 1.10. The van der Waals surface area contributed by atoms with Gasteiger partial charge in [-0.3, -0.25) is 4.79 Å². The highest BCUT2D eigenvalue weighted by atomic mass is 16.6. The SMILES string of the molecule is CC(C)(O)[C@H]1OC(=O)[C@@H]2[C@H]3CCC[C@H]3[C@@]21C. The minimum absolute atomic E-state index is 0.0522. The summed E-state index contributed by atoms with van der Waals surface area (Å²) in [5, 5.41) is 10.2. The molecule has 3 rings (SSSR count). The zero-order chi connectivity index (χ0) is 11.7. The lowest BCUT2D eigenvalue weighted by Crippen LogP contribution is -2.60. The Hall–Kier alpha value is -0.570. The lowest BCUT2D eigenvalue weighted by atomic mass is 9.46. The van der Waals surface area contributed by atoms with Crippen LogP contribution in [0.2, 0.25) is 0 Å². The van der Waals surface area contributed by atoms with Gasteiger partial charge in [0, 0.05) is 5.41 Å². The molecule has 5 atom stereocenters. The Kier molecular flexibility index (Phi) is 1.86. The standard InChI is InChI=1S/C13H20O3/c1-12(2,15)11-13(3)8-6-4-5-7(8)9(13)10(14)16-11/h7-9,11,15H,4-6H2,1-3H3/t7-,8+,9-,11+,13-/m0/s1. The summed E-state index contributed by atoms with van der Waals surface area (Å²) in [7, 11) is 0. The second-order valence-corrected chi connectivity index (χ2v) is 6.52. The number of rotatable bonds is 1. The van der Waals surface area contributed by atoms with Crippen molar-refractivity contribution < 1.29 is 14.6 Å². The van der Waals surface area contributed by atoms with Gasteiger partial charge in [-0.2, -0.15) is 0 Å². The predicted molar refractivity (Wildman–Crippen MR) is 58.6 cm³/mol. The highest BCUT2D eigenvalue weighted by molar-refractivity contribution is 5.79. The molecular weight excluding hydrogens is 204 g/mol. The van der Waals surface area contributed by atoms with Crippen molar-refractivity contribution in [1.82, 2.24) is 0 Å². The average Bonchev–Trinajstić information content (AvgIpc) is 2.63. The number of hydrogen-bond acceptors (Lipinski definition) is 3. The third kappa shape index (κ3) is 1.01. The van der Waals surface area contributed by atoms with Gasteiger partial charge in [0.05, 0.1) is 11.5 Å². The Labute approximate surface area is 96.2 Å². The van der Waals surface area contributed by atoms with E-state index in [1.54, 1.807) is 13.8 Å². The van der Waals surface area contributed by atoms with Crippen LogP contribution in [0.5, 0.6) is 0 Å². The molecule has 0 spiro atoms. The van der Waals surface area contributed by atoms with E-state index in [1.807, 2.05) is 0 Å². The maximum Gasteiger partial charge on any atom is 0.310 e. The average molecular weight is 224 g/mol. The van der Waals surface area contributed by atoms with Gasteiger partial charge in [-0.05, 0) is 38.5 Å². The summed E-state index contributed by atoms with van der Waals surface area (Å²) in [5.41, 5.74) is -1.04. The molecule has 3 fully saturated rings. The monoisotopic (exact) mass is 224 g/mol. The number of cyclic esters (lactones) is 1. The van der Waals surface area contributed by atoms with Crippen LogP contribution in [0.15, 0.2) is 0 Å². The van der Waals surface area contributed by atoms with E-state index < -0.39 is 5.60 Å². The highest BCUT2D eigenvalue weighted by Crippen LogP contribution is 2.69. The number of carbonyl (C=O) groups excluding carboxylic acids is 1. The van der Waals surface area contributed by atoms with Crippen LogP contribution in [0.1, 0.15) is 40.0 Å². The van der Waals surface area contributed by atoms with Crippen LogP contribution < -0.4 is 0 Å². The molecule has 90 valence electrons. The summed E-state index contributed by atoms with van der Waals surface area (Å²) in [6, 6.07) is 0. The highest BCUT2D eigenvalue weighted by Gasteiger charge is 2.73. The first-order valence-corrected chi connectivity index (χ1v) is 6.29. The van der Waals surface area contributed by atoms with Gasteiger partial charge in [0.25, 0.3) is 0 Å². The van der Waals surface area contributed by atoms with E-state index in [0.29, 0.717) is 11.8 Å². The molecule has 0 aromatic heterocycles. The quantitative estimate of drug-likeness (QED) is 0.690. The third-order valence-corrected chi connectivity index (χ3v) is 5.16. The number of fused-ring (bicyclic) bond motifs is 4. The van der Waals surface area contributed by atoms with Crippen molar-refractivity contribution >= 4 is 5.97 Å². The van der Waals surface area contributed by atoms with E-state index in [2.05, 4.69) is 6.92 Å². The van der Waals surface area contributed by atoms with E-state index in [0.717, 1.165) is 0 Å². The van der Waals surface area contributed by atoms with Gasteiger partial charge in [0.1, 0.15) is 6.10 Å².